The zero-order chi connectivity index (χ0) is 13.9. The van der Waals surface area contributed by atoms with Crippen LogP contribution in [0, 0.1) is 0 Å². The van der Waals surface area contributed by atoms with Crippen LogP contribution in [0.25, 0.3) is 0 Å². The molecule has 106 valence electrons. The third-order valence-corrected chi connectivity index (χ3v) is 5.10. The number of aryl methyl sites for hydroxylation is 1. The van der Waals surface area contributed by atoms with Gasteiger partial charge in [0.15, 0.2) is 0 Å². The van der Waals surface area contributed by atoms with Crippen molar-refractivity contribution < 1.29 is 8.42 Å². The lowest BCUT2D eigenvalue weighted by atomic mass is 9.98. The second kappa shape index (κ2) is 6.20. The van der Waals surface area contributed by atoms with E-state index in [9.17, 15) is 8.42 Å². The highest BCUT2D eigenvalue weighted by molar-refractivity contribution is 7.88. The van der Waals surface area contributed by atoms with E-state index < -0.39 is 10.0 Å². The van der Waals surface area contributed by atoms with Gasteiger partial charge >= 0.3 is 0 Å². The molecule has 19 heavy (non-hydrogen) atoms. The molecule has 1 atom stereocenters. The van der Waals surface area contributed by atoms with E-state index in [1.807, 2.05) is 12.1 Å². The number of sulfonamides is 1. The molecule has 1 aromatic rings. The van der Waals surface area contributed by atoms with Gasteiger partial charge in [0, 0.05) is 18.8 Å². The van der Waals surface area contributed by atoms with Crippen molar-refractivity contribution in [2.45, 2.75) is 38.1 Å². The minimum Gasteiger partial charge on any atom is -0.245 e. The lowest BCUT2D eigenvalue weighted by Gasteiger charge is -2.33. The summed E-state index contributed by atoms with van der Waals surface area (Å²) in [6, 6.07) is 3.89. The van der Waals surface area contributed by atoms with Gasteiger partial charge in [-0.2, -0.15) is 4.31 Å². The van der Waals surface area contributed by atoms with Crippen LogP contribution in [0.4, 0.5) is 0 Å². The third kappa shape index (κ3) is 4.16. The molecule has 1 fully saturated rings. The minimum absolute atomic E-state index is 0.121. The molecule has 1 saturated heterocycles. The lowest BCUT2D eigenvalue weighted by molar-refractivity contribution is 0.242. The predicted molar refractivity (Wildman–Crippen MR) is 76.8 cm³/mol. The number of halogens is 1. The second-order valence-corrected chi connectivity index (χ2v) is 7.37. The molecule has 4 nitrogen and oxygen atoms in total. The van der Waals surface area contributed by atoms with Crippen LogP contribution in [-0.4, -0.2) is 36.5 Å². The van der Waals surface area contributed by atoms with Gasteiger partial charge in [0.1, 0.15) is 5.15 Å². The van der Waals surface area contributed by atoms with Crippen molar-refractivity contribution in [2.75, 3.05) is 12.8 Å². The van der Waals surface area contributed by atoms with Crippen LogP contribution in [-0.2, 0) is 16.4 Å². The van der Waals surface area contributed by atoms with Gasteiger partial charge in [0.05, 0.1) is 6.26 Å². The van der Waals surface area contributed by atoms with Crippen molar-refractivity contribution in [3.63, 3.8) is 0 Å². The van der Waals surface area contributed by atoms with E-state index in [-0.39, 0.29) is 6.04 Å². The molecule has 2 rings (SSSR count). The van der Waals surface area contributed by atoms with Crippen molar-refractivity contribution in [2.24, 2.45) is 0 Å². The minimum atomic E-state index is -3.09. The second-order valence-electron chi connectivity index (χ2n) is 5.05. The Labute approximate surface area is 119 Å². The summed E-state index contributed by atoms with van der Waals surface area (Å²) in [4.78, 5) is 3.95. The van der Waals surface area contributed by atoms with E-state index in [0.29, 0.717) is 11.7 Å². The Balaban J connectivity index is 2.01. The maximum atomic E-state index is 11.8. The normalized spacial score (nSPS) is 21.5. The highest BCUT2D eigenvalue weighted by atomic mass is 35.5. The number of nitrogens with zero attached hydrogens (tertiary/aromatic N) is 2. The van der Waals surface area contributed by atoms with Crippen LogP contribution < -0.4 is 0 Å². The Morgan fingerprint density at radius 2 is 2.26 bits per heavy atom. The Morgan fingerprint density at radius 1 is 1.47 bits per heavy atom. The van der Waals surface area contributed by atoms with Crippen molar-refractivity contribution in [1.29, 1.82) is 0 Å². The van der Waals surface area contributed by atoms with Gasteiger partial charge in [0.2, 0.25) is 10.0 Å². The average Bonchev–Trinajstić information content (AvgIpc) is 2.36. The van der Waals surface area contributed by atoms with Gasteiger partial charge in [-0.1, -0.05) is 18.0 Å². The molecule has 0 aliphatic carbocycles. The van der Waals surface area contributed by atoms with Crippen molar-refractivity contribution in [3.8, 4) is 0 Å². The molecule has 2 heterocycles. The smallest absolute Gasteiger partial charge is 0.211 e. The molecule has 0 saturated carbocycles. The van der Waals surface area contributed by atoms with Crippen LogP contribution in [0.5, 0.6) is 0 Å². The fourth-order valence-electron chi connectivity index (χ4n) is 2.63. The van der Waals surface area contributed by atoms with E-state index >= 15 is 0 Å². The largest absolute Gasteiger partial charge is 0.245 e. The van der Waals surface area contributed by atoms with Crippen LogP contribution in [0.1, 0.15) is 31.2 Å². The van der Waals surface area contributed by atoms with E-state index in [4.69, 9.17) is 11.6 Å². The van der Waals surface area contributed by atoms with Crippen LogP contribution in [0.3, 0.4) is 0 Å². The first kappa shape index (κ1) is 14.8. The maximum Gasteiger partial charge on any atom is 0.211 e. The van der Waals surface area contributed by atoms with Crippen LogP contribution in [0.2, 0.25) is 5.15 Å². The zero-order valence-corrected chi connectivity index (χ0v) is 12.6. The monoisotopic (exact) mass is 302 g/mol. The molecule has 0 amide bonds. The summed E-state index contributed by atoms with van der Waals surface area (Å²) >= 11 is 5.85. The van der Waals surface area contributed by atoms with Gasteiger partial charge in [-0.25, -0.2) is 13.4 Å². The molecule has 0 radical (unpaired) electrons. The first-order valence-corrected chi connectivity index (χ1v) is 8.77. The number of piperidine rings is 1. The molecular weight excluding hydrogens is 284 g/mol. The molecule has 1 aliphatic heterocycles. The summed E-state index contributed by atoms with van der Waals surface area (Å²) in [7, 11) is -3.09. The number of aromatic nitrogens is 1. The Hall–Kier alpha value is -0.650. The number of pyridine rings is 1. The summed E-state index contributed by atoms with van der Waals surface area (Å²) in [5.41, 5.74) is 1.11. The third-order valence-electron chi connectivity index (χ3n) is 3.56. The van der Waals surface area contributed by atoms with Gasteiger partial charge < -0.3 is 0 Å². The number of hydrogen-bond donors (Lipinski definition) is 0. The van der Waals surface area contributed by atoms with E-state index in [2.05, 4.69) is 4.98 Å². The fourth-order valence-corrected chi connectivity index (χ4v) is 4.04. The Morgan fingerprint density at radius 3 is 2.95 bits per heavy atom. The zero-order valence-electron chi connectivity index (χ0n) is 11.0. The SMILES string of the molecule is CS(=O)(=O)N1CCCC[C@@H]1CCc1ccnc(Cl)c1. The molecule has 6 heteroatoms. The van der Waals surface area contributed by atoms with Crippen LogP contribution >= 0.6 is 11.6 Å². The maximum absolute atomic E-state index is 11.8. The first-order valence-electron chi connectivity index (χ1n) is 6.54. The quantitative estimate of drug-likeness (QED) is 0.803. The molecular formula is C13H19ClN2O2S. The summed E-state index contributed by atoms with van der Waals surface area (Å²) in [5, 5.41) is 0.487. The molecule has 0 unspecified atom stereocenters. The van der Waals surface area contributed by atoms with Crippen molar-refractivity contribution in [3.05, 3.63) is 29.0 Å². The topological polar surface area (TPSA) is 50.3 Å². The molecule has 0 spiro atoms. The van der Waals surface area contributed by atoms with Gasteiger partial charge in [0.25, 0.3) is 0 Å². The van der Waals surface area contributed by atoms with E-state index in [1.165, 1.54) is 6.26 Å². The molecule has 0 N–H and O–H groups in total. The highest BCUT2D eigenvalue weighted by Gasteiger charge is 2.28. The standard InChI is InChI=1S/C13H19ClN2O2S/c1-19(17,18)16-9-3-2-4-12(16)6-5-11-7-8-15-13(14)10-11/h7-8,10,12H,2-6,9H2,1H3/t12-/m1/s1. The summed E-state index contributed by atoms with van der Waals surface area (Å²) in [6.45, 7) is 0.653. The molecule has 0 bridgehead atoms. The van der Waals surface area contributed by atoms with Gasteiger partial charge in [-0.3, -0.25) is 0 Å². The molecule has 0 aromatic carbocycles. The lowest BCUT2D eigenvalue weighted by Crippen LogP contribution is -2.43. The fraction of sp³-hybridized carbons (Fsp3) is 0.615. The van der Waals surface area contributed by atoms with Crippen LogP contribution in [0.15, 0.2) is 18.3 Å². The van der Waals surface area contributed by atoms with Gasteiger partial charge in [-0.15, -0.1) is 0 Å². The van der Waals surface area contributed by atoms with Crippen molar-refractivity contribution >= 4 is 21.6 Å². The molecule has 1 aromatic heterocycles. The number of hydrogen-bond acceptors (Lipinski definition) is 3. The predicted octanol–water partition coefficient (Wildman–Crippen LogP) is 2.48. The summed E-state index contributed by atoms with van der Waals surface area (Å²) < 4.78 is 25.2. The molecule has 1 aliphatic rings. The van der Waals surface area contributed by atoms with Crippen molar-refractivity contribution in [1.82, 2.24) is 9.29 Å². The summed E-state index contributed by atoms with van der Waals surface area (Å²) in [6.07, 6.45) is 7.68. The Kier molecular flexibility index (Phi) is 4.81. The van der Waals surface area contributed by atoms with E-state index in [0.717, 1.165) is 37.7 Å². The highest BCUT2D eigenvalue weighted by Crippen LogP contribution is 2.23. The first-order chi connectivity index (χ1) is 8.97. The average molecular weight is 303 g/mol. The van der Waals surface area contributed by atoms with E-state index in [1.54, 1.807) is 10.5 Å². The number of rotatable bonds is 4. The summed E-state index contributed by atoms with van der Waals surface area (Å²) in [5.74, 6) is 0. The van der Waals surface area contributed by atoms with Gasteiger partial charge in [-0.05, 0) is 43.4 Å². The Bertz CT molecular complexity index is 533.